The average Bonchev–Trinajstić information content (AvgIpc) is 3.52. The average molecular weight is 412 g/mol. The topological polar surface area (TPSA) is 73.7 Å². The first-order valence-electron chi connectivity index (χ1n) is 10.8. The highest BCUT2D eigenvalue weighted by atomic mass is 16.5. The molecule has 7 heteroatoms. The molecule has 1 atom stereocenters. The van der Waals surface area contributed by atoms with Gasteiger partial charge >= 0.3 is 5.97 Å². The van der Waals surface area contributed by atoms with E-state index in [2.05, 4.69) is 5.10 Å². The maximum absolute atomic E-state index is 12.8. The number of para-hydroxylation sites is 1. The molecule has 1 unspecified atom stereocenters. The molecule has 1 amide bonds. The van der Waals surface area contributed by atoms with Crippen LogP contribution >= 0.6 is 0 Å². The first kappa shape index (κ1) is 20.4. The zero-order valence-corrected chi connectivity index (χ0v) is 17.6. The number of nitrogens with zero attached hydrogens (tertiary/aromatic N) is 3. The Kier molecular flexibility index (Phi) is 6.06. The van der Waals surface area contributed by atoms with Crippen LogP contribution in [0, 0.1) is 0 Å². The molecule has 4 rings (SSSR count). The van der Waals surface area contributed by atoms with Gasteiger partial charge in [-0.25, -0.2) is 4.79 Å². The molecule has 1 aromatic heterocycles. The Labute approximate surface area is 177 Å². The van der Waals surface area contributed by atoms with Gasteiger partial charge in [0.25, 0.3) is 5.91 Å². The van der Waals surface area contributed by atoms with Crippen LogP contribution in [0.1, 0.15) is 67.7 Å². The van der Waals surface area contributed by atoms with Crippen LogP contribution in [0.3, 0.4) is 0 Å². The lowest BCUT2D eigenvalue weighted by molar-refractivity contribution is -0.139. The fourth-order valence-corrected chi connectivity index (χ4v) is 4.03. The van der Waals surface area contributed by atoms with Crippen molar-refractivity contribution < 1.29 is 19.1 Å². The van der Waals surface area contributed by atoms with Crippen LogP contribution in [-0.4, -0.2) is 52.4 Å². The number of amides is 1. The fourth-order valence-electron chi connectivity index (χ4n) is 4.03. The minimum absolute atomic E-state index is 0.00685. The third-order valence-corrected chi connectivity index (χ3v) is 5.77. The maximum Gasteiger partial charge on any atom is 0.358 e. The largest absolute Gasteiger partial charge is 0.481 e. The van der Waals surface area contributed by atoms with E-state index in [0.717, 1.165) is 31.4 Å². The van der Waals surface area contributed by atoms with Crippen LogP contribution in [0.4, 0.5) is 0 Å². The van der Waals surface area contributed by atoms with E-state index >= 15 is 0 Å². The summed E-state index contributed by atoms with van der Waals surface area (Å²) >= 11 is 0. The molecule has 1 aliphatic carbocycles. The molecule has 1 saturated heterocycles. The van der Waals surface area contributed by atoms with Crippen molar-refractivity contribution in [2.45, 2.75) is 57.6 Å². The molecule has 0 radical (unpaired) electrons. The van der Waals surface area contributed by atoms with Crippen molar-refractivity contribution in [2.24, 2.45) is 0 Å². The number of likely N-dealkylation sites (tertiary alicyclic amines) is 1. The van der Waals surface area contributed by atoms with Crippen LogP contribution in [-0.2, 0) is 9.53 Å². The van der Waals surface area contributed by atoms with E-state index in [4.69, 9.17) is 9.47 Å². The monoisotopic (exact) mass is 411 g/mol. The summed E-state index contributed by atoms with van der Waals surface area (Å²) in [7, 11) is 0. The van der Waals surface area contributed by atoms with Gasteiger partial charge in [-0.05, 0) is 57.7 Å². The Balaban J connectivity index is 1.38. The van der Waals surface area contributed by atoms with Crippen molar-refractivity contribution in [3.05, 3.63) is 47.8 Å². The molecule has 1 aromatic carbocycles. The smallest absolute Gasteiger partial charge is 0.358 e. The second-order valence-corrected chi connectivity index (χ2v) is 8.02. The molecule has 1 aliphatic heterocycles. The molecule has 2 heterocycles. The summed E-state index contributed by atoms with van der Waals surface area (Å²) in [6.07, 6.45) is 3.38. The molecule has 0 spiro atoms. The Morgan fingerprint density at radius 1 is 1.13 bits per heavy atom. The number of hydrogen-bond donors (Lipinski definition) is 0. The van der Waals surface area contributed by atoms with E-state index in [1.54, 1.807) is 13.8 Å². The predicted molar refractivity (Wildman–Crippen MR) is 112 cm³/mol. The highest BCUT2D eigenvalue weighted by molar-refractivity contribution is 5.87. The van der Waals surface area contributed by atoms with Gasteiger partial charge in [0, 0.05) is 24.7 Å². The lowest BCUT2D eigenvalue weighted by atomic mass is 10.0. The van der Waals surface area contributed by atoms with Gasteiger partial charge in [0.1, 0.15) is 5.75 Å². The molecule has 0 N–H and O–H groups in total. The zero-order chi connectivity index (χ0) is 21.1. The number of hydrogen-bond acceptors (Lipinski definition) is 5. The van der Waals surface area contributed by atoms with Gasteiger partial charge in [-0.1, -0.05) is 18.2 Å². The molecule has 2 aliphatic rings. The molecular formula is C23H29N3O4. The molecule has 30 heavy (non-hydrogen) atoms. The number of benzene rings is 1. The highest BCUT2D eigenvalue weighted by Gasteiger charge is 2.34. The van der Waals surface area contributed by atoms with Crippen LogP contribution in [0.5, 0.6) is 5.75 Å². The van der Waals surface area contributed by atoms with Crippen molar-refractivity contribution in [2.75, 3.05) is 19.7 Å². The zero-order valence-electron chi connectivity index (χ0n) is 17.6. The molecule has 0 bridgehead atoms. The van der Waals surface area contributed by atoms with E-state index in [0.29, 0.717) is 37.1 Å². The summed E-state index contributed by atoms with van der Waals surface area (Å²) in [5.74, 6) is 0.829. The summed E-state index contributed by atoms with van der Waals surface area (Å²) in [5, 5.41) is 4.59. The number of carbonyl (C=O) groups excluding carboxylic acids is 2. The van der Waals surface area contributed by atoms with Crippen molar-refractivity contribution in [3.63, 3.8) is 0 Å². The van der Waals surface area contributed by atoms with E-state index < -0.39 is 6.10 Å². The SMILES string of the molecule is CCOC(=O)c1cc(C2CC2)n(C2CCN(C(=O)C(C)Oc3ccccc3)CC2)n1. The summed E-state index contributed by atoms with van der Waals surface area (Å²) < 4.78 is 12.9. The minimum Gasteiger partial charge on any atom is -0.481 e. The maximum atomic E-state index is 12.8. The lowest BCUT2D eigenvalue weighted by Crippen LogP contribution is -2.45. The predicted octanol–water partition coefficient (Wildman–Crippen LogP) is 3.57. The molecular weight excluding hydrogens is 382 g/mol. The van der Waals surface area contributed by atoms with Gasteiger partial charge in [-0.2, -0.15) is 5.10 Å². The van der Waals surface area contributed by atoms with Gasteiger partial charge in [-0.15, -0.1) is 0 Å². The van der Waals surface area contributed by atoms with Crippen molar-refractivity contribution in [3.8, 4) is 5.75 Å². The van der Waals surface area contributed by atoms with Gasteiger partial charge in [-0.3, -0.25) is 9.48 Å². The van der Waals surface area contributed by atoms with Crippen LogP contribution in [0.15, 0.2) is 36.4 Å². The standard InChI is InChI=1S/C23H29N3O4/c1-3-29-23(28)20-15-21(17-9-10-17)26(24-20)18-11-13-25(14-12-18)22(27)16(2)30-19-7-5-4-6-8-19/h4-8,15-18H,3,9-14H2,1-2H3. The Morgan fingerprint density at radius 2 is 1.83 bits per heavy atom. The normalized spacial score (nSPS) is 18.1. The Hall–Kier alpha value is -2.83. The fraction of sp³-hybridized carbons (Fsp3) is 0.522. The van der Waals surface area contributed by atoms with Gasteiger partial charge < -0.3 is 14.4 Å². The number of aromatic nitrogens is 2. The van der Waals surface area contributed by atoms with Crippen LogP contribution in [0.2, 0.25) is 0 Å². The number of esters is 1. The number of ether oxygens (including phenoxy) is 2. The van der Waals surface area contributed by atoms with Crippen LogP contribution < -0.4 is 4.74 Å². The summed E-state index contributed by atoms with van der Waals surface area (Å²) in [4.78, 5) is 26.8. The van der Waals surface area contributed by atoms with E-state index in [1.165, 1.54) is 0 Å². The first-order valence-corrected chi connectivity index (χ1v) is 10.8. The first-order chi connectivity index (χ1) is 14.6. The van der Waals surface area contributed by atoms with Crippen LogP contribution in [0.25, 0.3) is 0 Å². The van der Waals surface area contributed by atoms with Gasteiger partial charge in [0.2, 0.25) is 0 Å². The van der Waals surface area contributed by atoms with Gasteiger partial charge in [0.05, 0.1) is 12.6 Å². The number of rotatable bonds is 7. The number of piperidine rings is 1. The minimum atomic E-state index is -0.522. The lowest BCUT2D eigenvalue weighted by Gasteiger charge is -2.34. The molecule has 160 valence electrons. The van der Waals surface area contributed by atoms with Crippen molar-refractivity contribution in [1.29, 1.82) is 0 Å². The summed E-state index contributed by atoms with van der Waals surface area (Å²) in [6.45, 7) is 5.25. The van der Waals surface area contributed by atoms with E-state index in [9.17, 15) is 9.59 Å². The molecule has 7 nitrogen and oxygen atoms in total. The van der Waals surface area contributed by atoms with Crippen molar-refractivity contribution >= 4 is 11.9 Å². The molecule has 2 fully saturated rings. The molecule has 1 saturated carbocycles. The third kappa shape index (κ3) is 4.50. The second-order valence-electron chi connectivity index (χ2n) is 8.02. The highest BCUT2D eigenvalue weighted by Crippen LogP contribution is 2.42. The Morgan fingerprint density at radius 3 is 2.47 bits per heavy atom. The molecule has 2 aromatic rings. The van der Waals surface area contributed by atoms with Gasteiger partial charge in [0.15, 0.2) is 11.8 Å². The van der Waals surface area contributed by atoms with E-state index in [-0.39, 0.29) is 17.9 Å². The third-order valence-electron chi connectivity index (χ3n) is 5.77. The van der Waals surface area contributed by atoms with E-state index in [1.807, 2.05) is 46.0 Å². The summed E-state index contributed by atoms with van der Waals surface area (Å²) in [5.41, 5.74) is 1.52. The van der Waals surface area contributed by atoms with Crippen molar-refractivity contribution in [1.82, 2.24) is 14.7 Å². The Bertz CT molecular complexity index is 883. The number of carbonyl (C=O) groups is 2. The summed E-state index contributed by atoms with van der Waals surface area (Å²) in [6, 6.07) is 11.5. The quantitative estimate of drug-likeness (QED) is 0.651. The second kappa shape index (κ2) is 8.90.